The minimum Gasteiger partial charge on any atom is -0.523 e. The highest BCUT2D eigenvalue weighted by Gasteiger charge is 2.49. The Morgan fingerprint density at radius 1 is 1.28 bits per heavy atom. The van der Waals surface area contributed by atoms with Crippen LogP contribution < -0.4 is 0 Å². The van der Waals surface area contributed by atoms with E-state index in [1.807, 2.05) is 43.5 Å². The molecule has 0 radical (unpaired) electrons. The molecule has 0 saturated carbocycles. The third-order valence-corrected chi connectivity index (χ3v) is 5.98. The standard InChI is InChI=1S/C21H21N3O/c1-13-16-10-9-15-12-23-20(14-7-5-4-6-8-14)24-19(15)21(16,2)11-17(22-3)18(13)25/h4-8,12-13,16,25H,9-11H2,1-2H3/t13-,16-,21-/m0/s1. The molecule has 2 aliphatic carbocycles. The van der Waals surface area contributed by atoms with Crippen molar-refractivity contribution in [3.63, 3.8) is 0 Å². The summed E-state index contributed by atoms with van der Waals surface area (Å²) in [7, 11) is 0. The Hall–Kier alpha value is -2.67. The van der Waals surface area contributed by atoms with Crippen molar-refractivity contribution in [2.75, 3.05) is 0 Å². The Kier molecular flexibility index (Phi) is 3.61. The summed E-state index contributed by atoms with van der Waals surface area (Å²) >= 11 is 0. The number of aliphatic hydroxyl groups excluding tert-OH is 1. The van der Waals surface area contributed by atoms with Gasteiger partial charge in [0.25, 0.3) is 0 Å². The molecule has 2 aromatic rings. The molecule has 0 fully saturated rings. The molecule has 1 N–H and O–H groups in total. The number of hydrogen-bond acceptors (Lipinski definition) is 3. The van der Waals surface area contributed by atoms with Crippen LogP contribution in [0.2, 0.25) is 0 Å². The van der Waals surface area contributed by atoms with E-state index >= 15 is 0 Å². The summed E-state index contributed by atoms with van der Waals surface area (Å²) in [5.74, 6) is 1.30. The van der Waals surface area contributed by atoms with Crippen LogP contribution in [-0.2, 0) is 11.8 Å². The Morgan fingerprint density at radius 3 is 2.76 bits per heavy atom. The van der Waals surface area contributed by atoms with Gasteiger partial charge in [0.05, 0.1) is 18.0 Å². The van der Waals surface area contributed by atoms with E-state index in [1.54, 1.807) is 0 Å². The minimum atomic E-state index is -0.231. The number of fused-ring (bicyclic) bond motifs is 3. The van der Waals surface area contributed by atoms with Gasteiger partial charge in [0.15, 0.2) is 5.82 Å². The van der Waals surface area contributed by atoms with Gasteiger partial charge in [-0.3, -0.25) is 0 Å². The van der Waals surface area contributed by atoms with E-state index in [-0.39, 0.29) is 17.1 Å². The molecule has 2 aliphatic rings. The van der Waals surface area contributed by atoms with Crippen molar-refractivity contribution in [2.45, 2.75) is 38.5 Å². The predicted molar refractivity (Wildman–Crippen MR) is 96.7 cm³/mol. The molecule has 0 amide bonds. The quantitative estimate of drug-likeness (QED) is 0.771. The fourth-order valence-corrected chi connectivity index (χ4v) is 4.62. The van der Waals surface area contributed by atoms with Crippen LogP contribution in [0.5, 0.6) is 0 Å². The SMILES string of the molecule is [C-]#[N+]C1=C(O)[C@@H](C)[C@@H]2CCc3cnc(-c4ccccc4)nc3[C@@]2(C)C1. The molecule has 4 heteroatoms. The van der Waals surface area contributed by atoms with Gasteiger partial charge in [0.2, 0.25) is 5.70 Å². The first-order chi connectivity index (χ1) is 12.0. The number of aromatic nitrogens is 2. The fraction of sp³-hybridized carbons (Fsp3) is 0.381. The van der Waals surface area contributed by atoms with Crippen molar-refractivity contribution in [1.82, 2.24) is 9.97 Å². The summed E-state index contributed by atoms with van der Waals surface area (Å²) in [5, 5.41) is 10.4. The van der Waals surface area contributed by atoms with Gasteiger partial charge >= 0.3 is 0 Å². The van der Waals surface area contributed by atoms with Crippen molar-refractivity contribution < 1.29 is 5.11 Å². The number of allylic oxidation sites excluding steroid dienone is 2. The van der Waals surface area contributed by atoms with Gasteiger partial charge in [-0.05, 0) is 30.7 Å². The molecule has 4 nitrogen and oxygen atoms in total. The third kappa shape index (κ3) is 2.34. The number of hydrogen-bond donors (Lipinski definition) is 1. The number of aryl methyl sites for hydroxylation is 1. The van der Waals surface area contributed by atoms with Gasteiger partial charge < -0.3 is 5.11 Å². The predicted octanol–water partition coefficient (Wildman–Crippen LogP) is 4.69. The molecule has 0 unspecified atom stereocenters. The van der Waals surface area contributed by atoms with Gasteiger partial charge in [0.1, 0.15) is 0 Å². The molecule has 1 aromatic carbocycles. The summed E-state index contributed by atoms with van der Waals surface area (Å²) in [6.45, 7) is 11.7. The monoisotopic (exact) mass is 331 g/mol. The van der Waals surface area contributed by atoms with E-state index in [1.165, 1.54) is 5.56 Å². The zero-order valence-corrected chi connectivity index (χ0v) is 14.5. The normalized spacial score (nSPS) is 28.0. The van der Waals surface area contributed by atoms with Crippen molar-refractivity contribution in [3.05, 3.63) is 70.7 Å². The zero-order chi connectivity index (χ0) is 17.6. The average molecular weight is 331 g/mol. The molecule has 25 heavy (non-hydrogen) atoms. The van der Waals surface area contributed by atoms with Crippen molar-refractivity contribution in [2.24, 2.45) is 11.8 Å². The maximum Gasteiger partial charge on any atom is 0.203 e. The van der Waals surface area contributed by atoms with E-state index in [0.29, 0.717) is 18.0 Å². The van der Waals surface area contributed by atoms with E-state index < -0.39 is 0 Å². The van der Waals surface area contributed by atoms with Gasteiger partial charge in [-0.25, -0.2) is 14.8 Å². The van der Waals surface area contributed by atoms with Crippen molar-refractivity contribution >= 4 is 0 Å². The van der Waals surface area contributed by atoms with E-state index in [9.17, 15) is 5.11 Å². The highest BCUT2D eigenvalue weighted by Crippen LogP contribution is 2.53. The second-order valence-electron chi connectivity index (χ2n) is 7.41. The zero-order valence-electron chi connectivity index (χ0n) is 14.5. The molecule has 1 heterocycles. The van der Waals surface area contributed by atoms with E-state index in [0.717, 1.165) is 29.9 Å². The molecule has 1 aromatic heterocycles. The van der Waals surface area contributed by atoms with Crippen LogP contribution >= 0.6 is 0 Å². The molecule has 4 rings (SSSR count). The largest absolute Gasteiger partial charge is 0.523 e. The van der Waals surface area contributed by atoms with Gasteiger partial charge in [-0.15, -0.1) is 0 Å². The highest BCUT2D eigenvalue weighted by molar-refractivity contribution is 5.55. The molecule has 0 saturated heterocycles. The second kappa shape index (κ2) is 5.70. The molecule has 0 bridgehead atoms. The Bertz CT molecular complexity index is 897. The van der Waals surface area contributed by atoms with Crippen LogP contribution in [-0.4, -0.2) is 15.1 Å². The van der Waals surface area contributed by atoms with E-state index in [2.05, 4.69) is 16.8 Å². The summed E-state index contributed by atoms with van der Waals surface area (Å²) in [6, 6.07) is 10.00. The Labute approximate surface area is 148 Å². The maximum absolute atomic E-state index is 10.4. The summed E-state index contributed by atoms with van der Waals surface area (Å²) < 4.78 is 0. The van der Waals surface area contributed by atoms with Gasteiger partial charge in [-0.2, -0.15) is 0 Å². The average Bonchev–Trinajstić information content (AvgIpc) is 2.65. The lowest BCUT2D eigenvalue weighted by molar-refractivity contribution is 0.135. The topological polar surface area (TPSA) is 50.4 Å². The van der Waals surface area contributed by atoms with Crippen molar-refractivity contribution in [3.8, 4) is 11.4 Å². The summed E-state index contributed by atoms with van der Waals surface area (Å²) in [4.78, 5) is 13.1. The third-order valence-electron chi connectivity index (χ3n) is 5.98. The smallest absolute Gasteiger partial charge is 0.203 e. The van der Waals surface area contributed by atoms with Crippen molar-refractivity contribution in [1.29, 1.82) is 0 Å². The lowest BCUT2D eigenvalue weighted by atomic mass is 9.57. The van der Waals surface area contributed by atoms with E-state index in [4.69, 9.17) is 11.6 Å². The highest BCUT2D eigenvalue weighted by atomic mass is 16.3. The summed E-state index contributed by atoms with van der Waals surface area (Å²) in [5.41, 5.74) is 3.49. The molecular weight excluding hydrogens is 310 g/mol. The maximum atomic E-state index is 10.4. The molecular formula is C21H21N3O. The minimum absolute atomic E-state index is 0.00820. The number of rotatable bonds is 1. The second-order valence-corrected chi connectivity index (χ2v) is 7.41. The number of aliphatic hydroxyl groups is 1. The van der Waals surface area contributed by atoms with Crippen LogP contribution in [0.3, 0.4) is 0 Å². The first-order valence-electron chi connectivity index (χ1n) is 8.76. The molecule has 126 valence electrons. The van der Waals surface area contributed by atoms with Crippen LogP contribution in [0.1, 0.15) is 37.9 Å². The van der Waals surface area contributed by atoms with Crippen LogP contribution in [0, 0.1) is 18.4 Å². The number of nitrogens with zero attached hydrogens (tertiary/aromatic N) is 3. The lowest BCUT2D eigenvalue weighted by Crippen LogP contribution is -2.45. The lowest BCUT2D eigenvalue weighted by Gasteiger charge is -2.47. The first kappa shape index (κ1) is 15.8. The van der Waals surface area contributed by atoms with Crippen LogP contribution in [0.4, 0.5) is 0 Å². The van der Waals surface area contributed by atoms with Crippen LogP contribution in [0.15, 0.2) is 48.0 Å². The first-order valence-corrected chi connectivity index (χ1v) is 8.76. The van der Waals surface area contributed by atoms with Crippen LogP contribution in [0.25, 0.3) is 16.2 Å². The molecule has 3 atom stereocenters. The fourth-order valence-electron chi connectivity index (χ4n) is 4.62. The Morgan fingerprint density at radius 2 is 2.04 bits per heavy atom. The summed E-state index contributed by atoms with van der Waals surface area (Å²) in [6.07, 6.45) is 4.42. The molecule has 0 spiro atoms. The molecule has 0 aliphatic heterocycles. The van der Waals surface area contributed by atoms with Gasteiger partial charge in [0, 0.05) is 23.1 Å². The van der Waals surface area contributed by atoms with Gasteiger partial charge in [-0.1, -0.05) is 44.2 Å². The number of benzene rings is 1. The Balaban J connectivity index is 1.86.